The zero-order valence-electron chi connectivity index (χ0n) is 22.9. The summed E-state index contributed by atoms with van der Waals surface area (Å²) >= 11 is 6.34. The molecule has 6 rings (SSSR count). The van der Waals surface area contributed by atoms with Gasteiger partial charge >= 0.3 is 5.97 Å². The summed E-state index contributed by atoms with van der Waals surface area (Å²) in [5.74, 6) is -1.21. The van der Waals surface area contributed by atoms with Crippen LogP contribution in [0.1, 0.15) is 39.5 Å². The van der Waals surface area contributed by atoms with E-state index in [1.54, 1.807) is 36.5 Å². The first-order valence-electron chi connectivity index (χ1n) is 13.7. The first kappa shape index (κ1) is 27.8. The predicted molar refractivity (Wildman–Crippen MR) is 164 cm³/mol. The van der Waals surface area contributed by atoms with E-state index in [1.165, 1.54) is 16.6 Å². The number of carboxylic acid groups (broad SMARTS) is 1. The molecule has 0 aliphatic carbocycles. The zero-order valence-corrected chi connectivity index (χ0v) is 23.7. The second-order valence-electron chi connectivity index (χ2n) is 10.2. The summed E-state index contributed by atoms with van der Waals surface area (Å²) < 4.78 is 2.45. The van der Waals surface area contributed by atoms with E-state index in [0.29, 0.717) is 28.4 Å². The molecule has 0 spiro atoms. The second kappa shape index (κ2) is 12.3. The molecule has 1 atom stereocenters. The van der Waals surface area contributed by atoms with E-state index in [2.05, 4.69) is 27.7 Å². The van der Waals surface area contributed by atoms with Gasteiger partial charge in [0.15, 0.2) is 11.9 Å². The van der Waals surface area contributed by atoms with Gasteiger partial charge < -0.3 is 10.3 Å². The van der Waals surface area contributed by atoms with Crippen LogP contribution < -0.4 is 4.73 Å². The summed E-state index contributed by atoms with van der Waals surface area (Å²) in [6.45, 7) is 0. The van der Waals surface area contributed by atoms with Crippen molar-refractivity contribution in [1.82, 2.24) is 20.2 Å². The van der Waals surface area contributed by atoms with Crippen LogP contribution in [0, 0.1) is 5.21 Å². The molecule has 0 fully saturated rings. The fourth-order valence-corrected chi connectivity index (χ4v) is 5.51. The SMILES string of the molecule is O=C(O)c1cccc(-c2cccc([C@H](CCc3ccccc3)c3ccc(-c4cc(Cl)ccc4-n4cnnn4)c[n+]3[O-])c2)c1. The highest BCUT2D eigenvalue weighted by molar-refractivity contribution is 6.31. The number of aromatic nitrogens is 5. The normalized spacial score (nSPS) is 11.7. The van der Waals surface area contributed by atoms with Crippen LogP contribution in [-0.4, -0.2) is 31.3 Å². The number of aryl methyl sites for hydroxylation is 1. The Morgan fingerprint density at radius 1 is 0.884 bits per heavy atom. The number of carbonyl (C=O) groups is 1. The molecular weight excluding hydrogens is 562 g/mol. The van der Waals surface area contributed by atoms with Gasteiger partial charge in [-0.15, -0.1) is 5.10 Å². The van der Waals surface area contributed by atoms with E-state index >= 15 is 0 Å². The number of nitrogens with zero attached hydrogens (tertiary/aromatic N) is 5. The summed E-state index contributed by atoms with van der Waals surface area (Å²) in [4.78, 5) is 11.6. The smallest absolute Gasteiger partial charge is 0.335 e. The number of aromatic carboxylic acids is 1. The summed E-state index contributed by atoms with van der Waals surface area (Å²) in [6.07, 6.45) is 4.51. The van der Waals surface area contributed by atoms with Crippen molar-refractivity contribution in [3.63, 3.8) is 0 Å². The van der Waals surface area contributed by atoms with Crippen molar-refractivity contribution >= 4 is 17.6 Å². The quantitative estimate of drug-likeness (QED) is 0.148. The number of hydrogen-bond donors (Lipinski definition) is 1. The van der Waals surface area contributed by atoms with E-state index in [0.717, 1.165) is 33.4 Å². The van der Waals surface area contributed by atoms with Crippen LogP contribution in [0.3, 0.4) is 0 Å². The highest BCUT2D eigenvalue weighted by atomic mass is 35.5. The van der Waals surface area contributed by atoms with Crippen molar-refractivity contribution in [2.24, 2.45) is 0 Å². The largest absolute Gasteiger partial charge is 0.618 e. The van der Waals surface area contributed by atoms with E-state index in [1.807, 2.05) is 66.7 Å². The van der Waals surface area contributed by atoms with Crippen molar-refractivity contribution < 1.29 is 14.6 Å². The average Bonchev–Trinajstić information content (AvgIpc) is 3.57. The van der Waals surface area contributed by atoms with Crippen molar-refractivity contribution in [1.29, 1.82) is 0 Å². The van der Waals surface area contributed by atoms with Gasteiger partial charge in [-0.1, -0.05) is 78.3 Å². The summed E-state index contributed by atoms with van der Waals surface area (Å²) in [7, 11) is 0. The number of tetrazole rings is 1. The van der Waals surface area contributed by atoms with Crippen LogP contribution in [0.25, 0.3) is 27.9 Å². The lowest BCUT2D eigenvalue weighted by atomic mass is 9.87. The Balaban J connectivity index is 1.41. The molecule has 4 aromatic carbocycles. The molecule has 0 unspecified atom stereocenters. The highest BCUT2D eigenvalue weighted by Crippen LogP contribution is 2.33. The van der Waals surface area contributed by atoms with Crippen LogP contribution in [-0.2, 0) is 6.42 Å². The van der Waals surface area contributed by atoms with Crippen molar-refractivity contribution in [3.8, 4) is 27.9 Å². The maximum absolute atomic E-state index is 13.8. The predicted octanol–water partition coefficient (Wildman–Crippen LogP) is 6.75. The Kier molecular flexibility index (Phi) is 7.93. The topological polar surface area (TPSA) is 108 Å². The summed E-state index contributed by atoms with van der Waals surface area (Å²) in [5, 5.41) is 35.3. The first-order valence-corrected chi connectivity index (χ1v) is 14.1. The van der Waals surface area contributed by atoms with Gasteiger partial charge in [-0.3, -0.25) is 0 Å². The van der Waals surface area contributed by atoms with Crippen LogP contribution in [0.2, 0.25) is 5.02 Å². The summed E-state index contributed by atoms with van der Waals surface area (Å²) in [6, 6.07) is 34.1. The number of benzene rings is 4. The van der Waals surface area contributed by atoms with Crippen molar-refractivity contribution in [3.05, 3.63) is 154 Å². The first-order chi connectivity index (χ1) is 21.0. The van der Waals surface area contributed by atoms with Crippen LogP contribution in [0.5, 0.6) is 0 Å². The molecule has 2 heterocycles. The highest BCUT2D eigenvalue weighted by Gasteiger charge is 2.24. The fourth-order valence-electron chi connectivity index (χ4n) is 5.34. The number of hydrogen-bond acceptors (Lipinski definition) is 5. The van der Waals surface area contributed by atoms with Gasteiger partial charge in [0.2, 0.25) is 0 Å². The number of halogens is 1. The van der Waals surface area contributed by atoms with Gasteiger partial charge in [0, 0.05) is 22.2 Å². The van der Waals surface area contributed by atoms with Crippen LogP contribution >= 0.6 is 11.6 Å². The van der Waals surface area contributed by atoms with E-state index in [4.69, 9.17) is 11.6 Å². The lowest BCUT2D eigenvalue weighted by molar-refractivity contribution is -0.614. The Hall–Kier alpha value is -5.34. The van der Waals surface area contributed by atoms with Gasteiger partial charge in [0.25, 0.3) is 0 Å². The molecular formula is C34H26ClN5O3. The Morgan fingerprint density at radius 3 is 2.42 bits per heavy atom. The third-order valence-electron chi connectivity index (χ3n) is 7.46. The van der Waals surface area contributed by atoms with Crippen molar-refractivity contribution in [2.45, 2.75) is 18.8 Å². The minimum absolute atomic E-state index is 0.221. The zero-order chi connectivity index (χ0) is 29.8. The monoisotopic (exact) mass is 587 g/mol. The lowest BCUT2D eigenvalue weighted by Crippen LogP contribution is -2.34. The minimum atomic E-state index is -0.978. The van der Waals surface area contributed by atoms with Crippen LogP contribution in [0.4, 0.5) is 0 Å². The summed E-state index contributed by atoms with van der Waals surface area (Å²) in [5.41, 5.74) is 6.72. The molecule has 0 aliphatic heterocycles. The van der Waals surface area contributed by atoms with Gasteiger partial charge in [-0.05, 0) is 81.9 Å². The molecule has 6 aromatic rings. The molecule has 0 amide bonds. The van der Waals surface area contributed by atoms with Gasteiger partial charge in [0.05, 0.1) is 17.2 Å². The molecule has 212 valence electrons. The molecule has 2 aromatic heterocycles. The Bertz CT molecular complexity index is 1890. The molecule has 9 heteroatoms. The van der Waals surface area contributed by atoms with E-state index in [-0.39, 0.29) is 11.5 Å². The number of pyridine rings is 1. The Morgan fingerprint density at radius 2 is 1.67 bits per heavy atom. The fraction of sp³-hybridized carbons (Fsp3) is 0.0882. The van der Waals surface area contributed by atoms with Crippen molar-refractivity contribution in [2.75, 3.05) is 0 Å². The average molecular weight is 588 g/mol. The molecule has 8 nitrogen and oxygen atoms in total. The third-order valence-corrected chi connectivity index (χ3v) is 7.70. The lowest BCUT2D eigenvalue weighted by Gasteiger charge is -2.19. The second-order valence-corrected chi connectivity index (χ2v) is 10.6. The van der Waals surface area contributed by atoms with Gasteiger partial charge in [-0.25, -0.2) is 4.79 Å². The van der Waals surface area contributed by atoms with Gasteiger partial charge in [0.1, 0.15) is 6.33 Å². The molecule has 0 bridgehead atoms. The maximum Gasteiger partial charge on any atom is 0.335 e. The molecule has 43 heavy (non-hydrogen) atoms. The maximum atomic E-state index is 13.8. The third kappa shape index (κ3) is 6.14. The number of carboxylic acids is 1. The molecule has 0 aliphatic rings. The standard InChI is InChI=1S/C34H26ClN5O3/c35-29-14-17-32(39-22-36-37-38-39)31(20-29)28-13-16-33(40(43)21-28)30(15-12-23-6-2-1-3-7-23)26-10-4-8-24(18-26)25-9-5-11-27(19-25)34(41)42/h1-11,13-14,16-22,30H,12,15H2,(H,41,42)/t30-/m0/s1. The molecule has 0 saturated heterocycles. The van der Waals surface area contributed by atoms with E-state index < -0.39 is 5.97 Å². The Labute approximate surface area is 253 Å². The number of rotatable bonds is 9. The van der Waals surface area contributed by atoms with E-state index in [9.17, 15) is 15.1 Å². The minimum Gasteiger partial charge on any atom is -0.618 e. The van der Waals surface area contributed by atoms with Gasteiger partial charge in [-0.2, -0.15) is 9.41 Å². The molecule has 1 N–H and O–H groups in total. The molecule has 0 saturated carbocycles. The molecule has 0 radical (unpaired) electrons. The van der Waals surface area contributed by atoms with Crippen LogP contribution in [0.15, 0.2) is 122 Å².